The summed E-state index contributed by atoms with van der Waals surface area (Å²) < 4.78 is 0. The molecule has 0 spiro atoms. The van der Waals surface area contributed by atoms with Crippen molar-refractivity contribution in [2.24, 2.45) is 0 Å². The van der Waals surface area contributed by atoms with E-state index in [1.165, 1.54) is 27.5 Å². The van der Waals surface area contributed by atoms with Crippen molar-refractivity contribution in [1.29, 1.82) is 0 Å². The molecule has 0 saturated heterocycles. The average molecular weight is 429 g/mol. The number of hydrogen-bond donors (Lipinski definition) is 0. The van der Waals surface area contributed by atoms with Crippen LogP contribution in [0.25, 0.3) is 44.3 Å². The fraction of sp³-hybridized carbons (Fsp3) is 0.161. The van der Waals surface area contributed by atoms with Crippen LogP contribution in [-0.4, -0.2) is 10.2 Å². The number of hydrogen-bond acceptors (Lipinski definition) is 2. The molecule has 2 heteroatoms. The van der Waals surface area contributed by atoms with Crippen LogP contribution >= 0.6 is 0 Å². The molecular formula is C31H28N2. The van der Waals surface area contributed by atoms with Gasteiger partial charge in [-0.2, -0.15) is 10.2 Å². The van der Waals surface area contributed by atoms with Gasteiger partial charge in [0.15, 0.2) is 0 Å². The molecule has 0 atom stereocenters. The van der Waals surface area contributed by atoms with Crippen molar-refractivity contribution in [2.45, 2.75) is 33.1 Å². The molecule has 0 N–H and O–H groups in total. The Morgan fingerprint density at radius 1 is 0.576 bits per heavy atom. The van der Waals surface area contributed by atoms with Crippen LogP contribution in [0.2, 0.25) is 0 Å². The van der Waals surface area contributed by atoms with E-state index in [0.717, 1.165) is 28.1 Å². The zero-order chi connectivity index (χ0) is 23.0. The number of benzene rings is 4. The molecule has 0 radical (unpaired) electrons. The quantitative estimate of drug-likeness (QED) is 0.289. The molecule has 0 saturated carbocycles. The van der Waals surface area contributed by atoms with Gasteiger partial charge in [0.25, 0.3) is 0 Å². The maximum atomic E-state index is 4.58. The van der Waals surface area contributed by atoms with Gasteiger partial charge in [-0.15, -0.1) is 0 Å². The second-order valence-corrected chi connectivity index (χ2v) is 9.67. The third-order valence-electron chi connectivity index (χ3n) is 6.25. The van der Waals surface area contributed by atoms with Gasteiger partial charge >= 0.3 is 0 Å². The van der Waals surface area contributed by atoms with Gasteiger partial charge in [0.2, 0.25) is 0 Å². The Labute approximate surface area is 196 Å². The van der Waals surface area contributed by atoms with Gasteiger partial charge in [-0.25, -0.2) is 0 Å². The fourth-order valence-electron chi connectivity index (χ4n) is 4.44. The summed E-state index contributed by atoms with van der Waals surface area (Å²) in [6.45, 7) is 8.81. The Kier molecular flexibility index (Phi) is 5.30. The third-order valence-corrected chi connectivity index (χ3v) is 6.25. The molecule has 162 valence electrons. The standard InChI is InChI=1S/C31H28N2/c1-21-28(24-16-14-23(15-17-24)22-10-6-5-7-11-22)20-30(33-32-21)26-18-25-12-8-9-13-27(25)29(19-26)31(2,3)4/h5-20H,1-4H3. The minimum Gasteiger partial charge on any atom is -0.155 e. The minimum atomic E-state index is 0.0316. The van der Waals surface area contributed by atoms with E-state index in [4.69, 9.17) is 0 Å². The number of rotatable bonds is 3. The Morgan fingerprint density at radius 3 is 1.94 bits per heavy atom. The van der Waals surface area contributed by atoms with Crippen LogP contribution in [0.3, 0.4) is 0 Å². The van der Waals surface area contributed by atoms with Crippen molar-refractivity contribution >= 4 is 10.8 Å². The number of aryl methyl sites for hydroxylation is 1. The molecule has 5 aromatic rings. The summed E-state index contributed by atoms with van der Waals surface area (Å²) >= 11 is 0. The average Bonchev–Trinajstić information content (AvgIpc) is 2.84. The smallest absolute Gasteiger partial charge is 0.0936 e. The Hall–Kier alpha value is -3.78. The van der Waals surface area contributed by atoms with Gasteiger partial charge in [-0.3, -0.25) is 0 Å². The first-order valence-corrected chi connectivity index (χ1v) is 11.4. The number of nitrogens with zero attached hydrogens (tertiary/aromatic N) is 2. The summed E-state index contributed by atoms with van der Waals surface area (Å²) in [5.74, 6) is 0. The van der Waals surface area contributed by atoms with E-state index < -0.39 is 0 Å². The molecule has 2 nitrogen and oxygen atoms in total. The van der Waals surface area contributed by atoms with Gasteiger partial charge in [-0.1, -0.05) is 99.6 Å². The lowest BCUT2D eigenvalue weighted by molar-refractivity contribution is 0.596. The second kappa shape index (κ2) is 8.29. The summed E-state index contributed by atoms with van der Waals surface area (Å²) in [6, 6.07) is 34.5. The highest BCUT2D eigenvalue weighted by atomic mass is 15.1. The fourth-order valence-corrected chi connectivity index (χ4v) is 4.44. The number of fused-ring (bicyclic) bond motifs is 1. The van der Waals surface area contributed by atoms with Gasteiger partial charge in [0.05, 0.1) is 11.4 Å². The Morgan fingerprint density at radius 2 is 1.21 bits per heavy atom. The topological polar surface area (TPSA) is 25.8 Å². The minimum absolute atomic E-state index is 0.0316. The zero-order valence-electron chi connectivity index (χ0n) is 19.6. The van der Waals surface area contributed by atoms with Crippen molar-refractivity contribution < 1.29 is 0 Å². The van der Waals surface area contributed by atoms with Crippen LogP contribution in [-0.2, 0) is 5.41 Å². The third kappa shape index (κ3) is 4.17. The molecule has 0 aliphatic rings. The largest absolute Gasteiger partial charge is 0.155 e. The lowest BCUT2D eigenvalue weighted by atomic mass is 9.82. The molecule has 0 bridgehead atoms. The van der Waals surface area contributed by atoms with Crippen molar-refractivity contribution in [3.63, 3.8) is 0 Å². The van der Waals surface area contributed by atoms with Crippen LogP contribution in [0.4, 0.5) is 0 Å². The van der Waals surface area contributed by atoms with Crippen molar-refractivity contribution in [1.82, 2.24) is 10.2 Å². The lowest BCUT2D eigenvalue weighted by Gasteiger charge is -2.22. The highest BCUT2D eigenvalue weighted by Gasteiger charge is 2.19. The monoisotopic (exact) mass is 428 g/mol. The molecule has 0 amide bonds. The van der Waals surface area contributed by atoms with Gasteiger partial charge in [0, 0.05) is 11.1 Å². The molecular weight excluding hydrogens is 400 g/mol. The Bertz CT molecular complexity index is 1430. The van der Waals surface area contributed by atoms with Gasteiger partial charge < -0.3 is 0 Å². The van der Waals surface area contributed by atoms with Crippen LogP contribution in [0.5, 0.6) is 0 Å². The van der Waals surface area contributed by atoms with Crippen LogP contribution < -0.4 is 0 Å². The van der Waals surface area contributed by atoms with E-state index in [-0.39, 0.29) is 5.41 Å². The van der Waals surface area contributed by atoms with Crippen molar-refractivity contribution in [2.75, 3.05) is 0 Å². The van der Waals surface area contributed by atoms with E-state index >= 15 is 0 Å². The summed E-state index contributed by atoms with van der Waals surface area (Å²) in [4.78, 5) is 0. The molecule has 33 heavy (non-hydrogen) atoms. The van der Waals surface area contributed by atoms with Crippen LogP contribution in [0, 0.1) is 6.92 Å². The molecule has 0 aliphatic carbocycles. The van der Waals surface area contributed by atoms with Crippen LogP contribution in [0.15, 0.2) is 97.1 Å². The summed E-state index contributed by atoms with van der Waals surface area (Å²) in [5.41, 5.74) is 9.00. The predicted molar refractivity (Wildman–Crippen MR) is 139 cm³/mol. The van der Waals surface area contributed by atoms with E-state index in [0.29, 0.717) is 0 Å². The summed E-state index contributed by atoms with van der Waals surface area (Å²) in [7, 11) is 0. The maximum absolute atomic E-state index is 4.58. The van der Waals surface area contributed by atoms with E-state index in [2.05, 4.69) is 122 Å². The van der Waals surface area contributed by atoms with Gasteiger partial charge in [0.1, 0.15) is 0 Å². The van der Waals surface area contributed by atoms with E-state index in [1.54, 1.807) is 0 Å². The van der Waals surface area contributed by atoms with Crippen molar-refractivity contribution in [3.05, 3.63) is 108 Å². The lowest BCUT2D eigenvalue weighted by Crippen LogP contribution is -2.12. The highest BCUT2D eigenvalue weighted by molar-refractivity contribution is 5.91. The maximum Gasteiger partial charge on any atom is 0.0936 e. The molecule has 0 aliphatic heterocycles. The SMILES string of the molecule is Cc1nnc(-c2cc(C(C)(C)C)c3ccccc3c2)cc1-c1ccc(-c2ccccc2)cc1. The first-order chi connectivity index (χ1) is 15.9. The molecule has 0 unspecified atom stereocenters. The molecule has 4 aromatic carbocycles. The predicted octanol–water partition coefficient (Wildman–Crippen LogP) is 8.24. The van der Waals surface area contributed by atoms with E-state index in [9.17, 15) is 0 Å². The molecule has 1 aromatic heterocycles. The summed E-state index contributed by atoms with van der Waals surface area (Å²) in [5, 5.41) is 11.6. The van der Waals surface area contributed by atoms with Crippen LogP contribution in [0.1, 0.15) is 32.0 Å². The first-order valence-electron chi connectivity index (χ1n) is 11.4. The molecule has 5 rings (SSSR count). The normalized spacial score (nSPS) is 11.6. The highest BCUT2D eigenvalue weighted by Crippen LogP contribution is 2.35. The summed E-state index contributed by atoms with van der Waals surface area (Å²) in [6.07, 6.45) is 0. The first kappa shape index (κ1) is 21.1. The molecule has 0 fully saturated rings. The van der Waals surface area contributed by atoms with E-state index in [1.807, 2.05) is 13.0 Å². The van der Waals surface area contributed by atoms with Gasteiger partial charge in [-0.05, 0) is 63.6 Å². The Balaban J connectivity index is 1.59. The van der Waals surface area contributed by atoms with Crippen molar-refractivity contribution in [3.8, 4) is 33.5 Å². The molecule has 1 heterocycles. The number of aromatic nitrogens is 2. The zero-order valence-corrected chi connectivity index (χ0v) is 19.6. The second-order valence-electron chi connectivity index (χ2n) is 9.67.